The fourth-order valence-electron chi connectivity index (χ4n) is 4.38. The van der Waals surface area contributed by atoms with Crippen LogP contribution < -0.4 is 9.64 Å². The Labute approximate surface area is 198 Å². The lowest BCUT2D eigenvalue weighted by Crippen LogP contribution is -2.62. The predicted octanol–water partition coefficient (Wildman–Crippen LogP) is 3.08. The fourth-order valence-corrected chi connectivity index (χ4v) is 4.38. The molecule has 0 atom stereocenters. The molecule has 1 saturated heterocycles. The van der Waals surface area contributed by atoms with Crippen LogP contribution in [0.3, 0.4) is 0 Å². The number of fused-ring (bicyclic) bond motifs is 1. The molecule has 3 aromatic heterocycles. The molecule has 1 fully saturated rings. The summed E-state index contributed by atoms with van der Waals surface area (Å²) in [6.45, 7) is 7.62. The molecule has 0 spiro atoms. The van der Waals surface area contributed by atoms with Gasteiger partial charge >= 0.3 is 0 Å². The van der Waals surface area contributed by atoms with Gasteiger partial charge < -0.3 is 19.3 Å². The number of benzene rings is 1. The second-order valence-corrected chi connectivity index (χ2v) is 8.94. The minimum Gasteiger partial charge on any atom is -0.494 e. The van der Waals surface area contributed by atoms with Gasteiger partial charge in [0.05, 0.1) is 25.3 Å². The van der Waals surface area contributed by atoms with Gasteiger partial charge in [-0.05, 0) is 32.4 Å². The maximum absolute atomic E-state index is 10.5. The van der Waals surface area contributed by atoms with Crippen LogP contribution in [0.2, 0.25) is 0 Å². The molecule has 4 aromatic rings. The molecule has 0 bridgehead atoms. The first kappa shape index (κ1) is 22.2. The third kappa shape index (κ3) is 4.07. The van der Waals surface area contributed by atoms with Crippen LogP contribution in [0.1, 0.15) is 37.4 Å². The topological polar surface area (TPSA) is 102 Å². The van der Waals surface area contributed by atoms with E-state index in [-0.39, 0.29) is 0 Å². The van der Waals surface area contributed by atoms with Gasteiger partial charge in [-0.15, -0.1) is 10.2 Å². The smallest absolute Gasteiger partial charge is 0.163 e. The van der Waals surface area contributed by atoms with E-state index in [1.807, 2.05) is 62.8 Å². The molecule has 176 valence electrons. The molecule has 34 heavy (non-hydrogen) atoms. The van der Waals surface area contributed by atoms with E-state index in [9.17, 15) is 5.11 Å². The third-order valence-corrected chi connectivity index (χ3v) is 6.34. The number of hydrogen-bond donors (Lipinski definition) is 1. The molecule has 0 aliphatic carbocycles. The molecule has 1 aliphatic heterocycles. The Balaban J connectivity index is 1.49. The second kappa shape index (κ2) is 8.64. The molecule has 0 unspecified atom stereocenters. The van der Waals surface area contributed by atoms with E-state index < -0.39 is 5.60 Å². The van der Waals surface area contributed by atoms with Crippen LogP contribution in [0.15, 0.2) is 36.8 Å². The molecule has 9 heteroatoms. The van der Waals surface area contributed by atoms with Crippen LogP contribution in [0.25, 0.3) is 22.3 Å². The minimum atomic E-state index is -0.648. The zero-order valence-electron chi connectivity index (χ0n) is 20.0. The standard InChI is InChI=1S/C25H29N7O2/c1-5-25(33)13-32(14-25)24-22-19(9-16(3)28-24)12-26-21(29-22)11-17-7-8-18(10-20(17)34-6-2)23-30-27-15-31(23)4/h7-10,12,15,33H,5-6,11,13-14H2,1-4H3. The van der Waals surface area contributed by atoms with Crippen LogP contribution in [0, 0.1) is 6.92 Å². The van der Waals surface area contributed by atoms with Crippen molar-refractivity contribution >= 4 is 16.7 Å². The van der Waals surface area contributed by atoms with Gasteiger partial charge in [0.15, 0.2) is 11.6 Å². The van der Waals surface area contributed by atoms with E-state index in [1.165, 1.54) is 0 Å². The number of pyridine rings is 1. The summed E-state index contributed by atoms with van der Waals surface area (Å²) in [7, 11) is 1.92. The van der Waals surface area contributed by atoms with E-state index in [4.69, 9.17) is 14.7 Å². The molecular weight excluding hydrogens is 430 g/mol. The van der Waals surface area contributed by atoms with Crippen molar-refractivity contribution in [2.45, 2.75) is 39.2 Å². The Hall–Kier alpha value is -3.59. The van der Waals surface area contributed by atoms with E-state index in [0.717, 1.165) is 51.5 Å². The maximum Gasteiger partial charge on any atom is 0.163 e. The molecule has 0 saturated carbocycles. The number of anilines is 1. The second-order valence-electron chi connectivity index (χ2n) is 8.94. The monoisotopic (exact) mass is 459 g/mol. The normalized spacial score (nSPS) is 14.9. The van der Waals surface area contributed by atoms with Gasteiger partial charge in [0.2, 0.25) is 0 Å². The Bertz CT molecular complexity index is 1340. The Morgan fingerprint density at radius 3 is 2.68 bits per heavy atom. The van der Waals surface area contributed by atoms with Gasteiger partial charge in [-0.3, -0.25) is 0 Å². The molecule has 9 nitrogen and oxygen atoms in total. The highest BCUT2D eigenvalue weighted by molar-refractivity contribution is 5.89. The molecule has 4 heterocycles. The Morgan fingerprint density at radius 1 is 1.15 bits per heavy atom. The highest BCUT2D eigenvalue weighted by atomic mass is 16.5. The number of ether oxygens (including phenoxy) is 1. The summed E-state index contributed by atoms with van der Waals surface area (Å²) >= 11 is 0. The first-order chi connectivity index (χ1) is 16.4. The average molecular weight is 460 g/mol. The zero-order valence-corrected chi connectivity index (χ0v) is 20.0. The Morgan fingerprint density at radius 2 is 1.97 bits per heavy atom. The maximum atomic E-state index is 10.5. The van der Waals surface area contributed by atoms with Crippen molar-refractivity contribution in [1.82, 2.24) is 29.7 Å². The van der Waals surface area contributed by atoms with Gasteiger partial charge in [-0.25, -0.2) is 15.0 Å². The number of nitrogens with zero attached hydrogens (tertiary/aromatic N) is 7. The Kier molecular flexibility index (Phi) is 5.65. The van der Waals surface area contributed by atoms with Gasteiger partial charge in [-0.1, -0.05) is 19.1 Å². The van der Waals surface area contributed by atoms with Crippen LogP contribution >= 0.6 is 0 Å². The third-order valence-electron chi connectivity index (χ3n) is 6.34. The summed E-state index contributed by atoms with van der Waals surface area (Å²) in [5.41, 5.74) is 3.00. The molecule has 5 rings (SSSR count). The zero-order chi connectivity index (χ0) is 23.9. The van der Waals surface area contributed by atoms with Crippen molar-refractivity contribution in [1.29, 1.82) is 0 Å². The van der Waals surface area contributed by atoms with E-state index in [1.54, 1.807) is 6.33 Å². The molecule has 1 aliphatic rings. The lowest BCUT2D eigenvalue weighted by molar-refractivity contribution is 0.00821. The summed E-state index contributed by atoms with van der Waals surface area (Å²) in [6.07, 6.45) is 4.78. The summed E-state index contributed by atoms with van der Waals surface area (Å²) in [5, 5.41) is 19.6. The van der Waals surface area contributed by atoms with Crippen molar-refractivity contribution in [3.63, 3.8) is 0 Å². The van der Waals surface area contributed by atoms with Crippen molar-refractivity contribution in [2.24, 2.45) is 7.05 Å². The molecule has 0 radical (unpaired) electrons. The van der Waals surface area contributed by atoms with Crippen molar-refractivity contribution < 1.29 is 9.84 Å². The molecule has 1 N–H and O–H groups in total. The first-order valence-corrected chi connectivity index (χ1v) is 11.6. The summed E-state index contributed by atoms with van der Waals surface area (Å²) < 4.78 is 7.83. The SMILES string of the molecule is CCOc1cc(-c2nncn2C)ccc1Cc1ncc2cc(C)nc(N3CC(O)(CC)C3)c2n1. The number of aromatic nitrogens is 6. The lowest BCUT2D eigenvalue weighted by Gasteiger charge is -2.47. The van der Waals surface area contributed by atoms with Crippen LogP contribution in [-0.4, -0.2) is 60.1 Å². The molecular formula is C25H29N7O2. The number of rotatable bonds is 7. The lowest BCUT2D eigenvalue weighted by atomic mass is 9.91. The largest absolute Gasteiger partial charge is 0.494 e. The number of aryl methyl sites for hydroxylation is 2. The first-order valence-electron chi connectivity index (χ1n) is 11.6. The van der Waals surface area contributed by atoms with Gasteiger partial charge in [-0.2, -0.15) is 0 Å². The highest BCUT2D eigenvalue weighted by Gasteiger charge is 2.41. The van der Waals surface area contributed by atoms with Gasteiger partial charge in [0, 0.05) is 41.9 Å². The van der Waals surface area contributed by atoms with Crippen molar-refractivity contribution in [2.75, 3.05) is 24.6 Å². The molecule has 0 amide bonds. The van der Waals surface area contributed by atoms with E-state index >= 15 is 0 Å². The fraction of sp³-hybridized carbons (Fsp3) is 0.400. The van der Waals surface area contributed by atoms with E-state index in [2.05, 4.69) is 20.1 Å². The predicted molar refractivity (Wildman–Crippen MR) is 130 cm³/mol. The molecule has 1 aromatic carbocycles. The summed E-state index contributed by atoms with van der Waals surface area (Å²) in [4.78, 5) is 16.4. The number of aliphatic hydroxyl groups is 1. The summed E-state index contributed by atoms with van der Waals surface area (Å²) in [5.74, 6) is 3.06. The highest BCUT2D eigenvalue weighted by Crippen LogP contribution is 2.33. The number of β-amino-alcohol motifs (C(OH)–C–C–N with tert-alkyl or cyclic N) is 1. The van der Waals surface area contributed by atoms with Crippen molar-refractivity contribution in [3.8, 4) is 17.1 Å². The van der Waals surface area contributed by atoms with E-state index in [0.29, 0.717) is 31.9 Å². The number of hydrogen-bond acceptors (Lipinski definition) is 8. The van der Waals surface area contributed by atoms with Crippen LogP contribution in [-0.2, 0) is 13.5 Å². The summed E-state index contributed by atoms with van der Waals surface area (Å²) in [6, 6.07) is 8.04. The quantitative estimate of drug-likeness (QED) is 0.450. The van der Waals surface area contributed by atoms with Crippen molar-refractivity contribution in [3.05, 3.63) is 53.9 Å². The van der Waals surface area contributed by atoms with Crippen LogP contribution in [0.4, 0.5) is 5.82 Å². The average Bonchev–Trinajstić information content (AvgIpc) is 3.24. The van der Waals surface area contributed by atoms with Crippen LogP contribution in [0.5, 0.6) is 5.75 Å². The van der Waals surface area contributed by atoms with Gasteiger partial charge in [0.1, 0.15) is 23.4 Å². The minimum absolute atomic E-state index is 0.524. The van der Waals surface area contributed by atoms with Gasteiger partial charge in [0.25, 0.3) is 0 Å².